The van der Waals surface area contributed by atoms with Gasteiger partial charge in [0, 0.05) is 6.04 Å². The van der Waals surface area contributed by atoms with Crippen LogP contribution in [0.4, 0.5) is 0 Å². The van der Waals surface area contributed by atoms with Crippen LogP contribution in [0.5, 0.6) is 0 Å². The van der Waals surface area contributed by atoms with Gasteiger partial charge in [0.15, 0.2) is 0 Å². The molecule has 2 rings (SSSR count). The molecule has 1 aliphatic carbocycles. The summed E-state index contributed by atoms with van der Waals surface area (Å²) >= 11 is 0. The largest absolute Gasteiger partial charge is 0.392 e. The summed E-state index contributed by atoms with van der Waals surface area (Å²) in [5.41, 5.74) is 7.96. The van der Waals surface area contributed by atoms with Crippen molar-refractivity contribution in [2.45, 2.75) is 51.0 Å². The van der Waals surface area contributed by atoms with Crippen molar-refractivity contribution in [2.75, 3.05) is 0 Å². The standard InChI is InChI=1S/C14H21NO2/c15-13-5-7-14(8-6-13)17-10-12-3-1-11(9-16)2-4-12/h1-4,13-14,16H,5-10,15H2. The molecule has 0 aromatic heterocycles. The zero-order valence-corrected chi connectivity index (χ0v) is 10.1. The normalized spacial score (nSPS) is 24.8. The van der Waals surface area contributed by atoms with Crippen LogP contribution < -0.4 is 5.73 Å². The van der Waals surface area contributed by atoms with E-state index in [1.807, 2.05) is 24.3 Å². The van der Waals surface area contributed by atoms with Crippen molar-refractivity contribution in [3.8, 4) is 0 Å². The van der Waals surface area contributed by atoms with Crippen LogP contribution in [0.25, 0.3) is 0 Å². The van der Waals surface area contributed by atoms with Crippen LogP contribution in [0.2, 0.25) is 0 Å². The molecule has 0 aliphatic heterocycles. The lowest BCUT2D eigenvalue weighted by Crippen LogP contribution is -2.30. The van der Waals surface area contributed by atoms with E-state index in [1.165, 1.54) is 0 Å². The van der Waals surface area contributed by atoms with Crippen molar-refractivity contribution in [2.24, 2.45) is 5.73 Å². The van der Waals surface area contributed by atoms with Crippen molar-refractivity contribution < 1.29 is 9.84 Å². The molecule has 3 N–H and O–H groups in total. The molecule has 1 aromatic carbocycles. The van der Waals surface area contributed by atoms with E-state index in [2.05, 4.69) is 0 Å². The van der Waals surface area contributed by atoms with E-state index in [0.29, 0.717) is 18.8 Å². The predicted molar refractivity (Wildman–Crippen MR) is 67.4 cm³/mol. The first kappa shape index (κ1) is 12.6. The number of rotatable bonds is 4. The van der Waals surface area contributed by atoms with Crippen LogP contribution in [0.15, 0.2) is 24.3 Å². The van der Waals surface area contributed by atoms with Crippen LogP contribution in [-0.2, 0) is 18.0 Å². The predicted octanol–water partition coefficient (Wildman–Crippen LogP) is 1.97. The van der Waals surface area contributed by atoms with Crippen molar-refractivity contribution in [1.82, 2.24) is 0 Å². The lowest BCUT2D eigenvalue weighted by Gasteiger charge is -2.26. The summed E-state index contributed by atoms with van der Waals surface area (Å²) in [6.45, 7) is 0.757. The molecule has 3 heteroatoms. The SMILES string of the molecule is NC1CCC(OCc2ccc(CO)cc2)CC1. The molecule has 17 heavy (non-hydrogen) atoms. The summed E-state index contributed by atoms with van der Waals surface area (Å²) in [6, 6.07) is 8.28. The van der Waals surface area contributed by atoms with Gasteiger partial charge in [-0.25, -0.2) is 0 Å². The molecule has 1 saturated carbocycles. The van der Waals surface area contributed by atoms with Crippen LogP contribution in [0, 0.1) is 0 Å². The highest BCUT2D eigenvalue weighted by atomic mass is 16.5. The molecule has 0 atom stereocenters. The third kappa shape index (κ3) is 3.80. The van der Waals surface area contributed by atoms with E-state index in [4.69, 9.17) is 15.6 Å². The van der Waals surface area contributed by atoms with Crippen molar-refractivity contribution >= 4 is 0 Å². The second-order valence-corrected chi connectivity index (χ2v) is 4.82. The summed E-state index contributed by atoms with van der Waals surface area (Å²) in [6.07, 6.45) is 4.68. The van der Waals surface area contributed by atoms with Gasteiger partial charge in [-0.1, -0.05) is 24.3 Å². The molecule has 0 spiro atoms. The van der Waals surface area contributed by atoms with E-state index in [-0.39, 0.29) is 6.61 Å². The molecule has 0 radical (unpaired) electrons. The van der Waals surface area contributed by atoms with Gasteiger partial charge in [-0.05, 0) is 36.8 Å². The highest BCUT2D eigenvalue weighted by molar-refractivity contribution is 5.21. The number of nitrogens with two attached hydrogens (primary N) is 1. The molecule has 0 unspecified atom stereocenters. The van der Waals surface area contributed by atoms with Gasteiger partial charge in [0.25, 0.3) is 0 Å². The van der Waals surface area contributed by atoms with Gasteiger partial charge >= 0.3 is 0 Å². The number of aliphatic hydroxyl groups is 1. The average Bonchev–Trinajstić information content (AvgIpc) is 2.39. The highest BCUT2D eigenvalue weighted by Gasteiger charge is 2.18. The Bertz CT molecular complexity index is 329. The van der Waals surface area contributed by atoms with Crippen molar-refractivity contribution in [1.29, 1.82) is 0 Å². The van der Waals surface area contributed by atoms with Crippen LogP contribution in [0.3, 0.4) is 0 Å². The van der Waals surface area contributed by atoms with Crippen molar-refractivity contribution in [3.05, 3.63) is 35.4 Å². The minimum absolute atomic E-state index is 0.0989. The Hall–Kier alpha value is -0.900. The van der Waals surface area contributed by atoms with E-state index in [1.54, 1.807) is 0 Å². The Kier molecular flexibility index (Phi) is 4.54. The molecule has 3 nitrogen and oxygen atoms in total. The smallest absolute Gasteiger partial charge is 0.0720 e. The van der Waals surface area contributed by atoms with E-state index < -0.39 is 0 Å². The Balaban J connectivity index is 1.77. The third-order valence-corrected chi connectivity index (χ3v) is 3.41. The first-order valence-corrected chi connectivity index (χ1v) is 6.34. The van der Waals surface area contributed by atoms with Gasteiger partial charge in [0.05, 0.1) is 19.3 Å². The van der Waals surface area contributed by atoms with Crippen LogP contribution in [-0.4, -0.2) is 17.3 Å². The van der Waals surface area contributed by atoms with Gasteiger partial charge in [-0.2, -0.15) is 0 Å². The molecule has 1 aromatic rings. The average molecular weight is 235 g/mol. The van der Waals surface area contributed by atoms with Gasteiger partial charge in [0.1, 0.15) is 0 Å². The molecule has 0 bridgehead atoms. The van der Waals surface area contributed by atoms with E-state index in [0.717, 1.165) is 36.8 Å². The van der Waals surface area contributed by atoms with E-state index >= 15 is 0 Å². The van der Waals surface area contributed by atoms with E-state index in [9.17, 15) is 0 Å². The first-order valence-electron chi connectivity index (χ1n) is 6.34. The summed E-state index contributed by atoms with van der Waals surface area (Å²) in [5, 5.41) is 8.94. The second-order valence-electron chi connectivity index (χ2n) is 4.82. The lowest BCUT2D eigenvalue weighted by atomic mass is 9.94. The minimum atomic E-state index is 0.0989. The fraction of sp³-hybridized carbons (Fsp3) is 0.571. The Morgan fingerprint density at radius 1 is 1.06 bits per heavy atom. The number of benzene rings is 1. The Morgan fingerprint density at radius 2 is 1.65 bits per heavy atom. The third-order valence-electron chi connectivity index (χ3n) is 3.41. The molecular weight excluding hydrogens is 214 g/mol. The maximum absolute atomic E-state index is 8.94. The molecule has 94 valence electrons. The van der Waals surface area contributed by atoms with Crippen LogP contribution >= 0.6 is 0 Å². The fourth-order valence-electron chi connectivity index (χ4n) is 2.21. The van der Waals surface area contributed by atoms with Crippen LogP contribution in [0.1, 0.15) is 36.8 Å². The minimum Gasteiger partial charge on any atom is -0.392 e. The second kappa shape index (κ2) is 6.15. The monoisotopic (exact) mass is 235 g/mol. The maximum Gasteiger partial charge on any atom is 0.0720 e. The summed E-state index contributed by atoms with van der Waals surface area (Å²) < 4.78 is 5.87. The molecule has 0 heterocycles. The number of ether oxygens (including phenoxy) is 1. The van der Waals surface area contributed by atoms with Gasteiger partial charge in [-0.15, -0.1) is 0 Å². The molecule has 0 saturated heterocycles. The van der Waals surface area contributed by atoms with Crippen molar-refractivity contribution in [3.63, 3.8) is 0 Å². The first-order chi connectivity index (χ1) is 8.28. The Morgan fingerprint density at radius 3 is 2.24 bits per heavy atom. The number of hydrogen-bond donors (Lipinski definition) is 2. The van der Waals surface area contributed by atoms with Gasteiger partial charge < -0.3 is 15.6 Å². The highest BCUT2D eigenvalue weighted by Crippen LogP contribution is 2.21. The molecule has 0 amide bonds. The molecular formula is C14H21NO2. The fourth-order valence-corrected chi connectivity index (χ4v) is 2.21. The maximum atomic E-state index is 8.94. The zero-order valence-electron chi connectivity index (χ0n) is 10.1. The number of hydrogen-bond acceptors (Lipinski definition) is 3. The lowest BCUT2D eigenvalue weighted by molar-refractivity contribution is 0.0138. The topological polar surface area (TPSA) is 55.5 Å². The summed E-state index contributed by atoms with van der Waals surface area (Å²) in [4.78, 5) is 0. The quantitative estimate of drug-likeness (QED) is 0.839. The summed E-state index contributed by atoms with van der Waals surface area (Å²) in [5.74, 6) is 0. The molecule has 1 aliphatic rings. The zero-order chi connectivity index (χ0) is 12.1. The van der Waals surface area contributed by atoms with Gasteiger partial charge in [-0.3, -0.25) is 0 Å². The van der Waals surface area contributed by atoms with Gasteiger partial charge in [0.2, 0.25) is 0 Å². The molecule has 1 fully saturated rings. The summed E-state index contributed by atoms with van der Waals surface area (Å²) in [7, 11) is 0. The Labute approximate surface area is 103 Å². The number of aliphatic hydroxyl groups excluding tert-OH is 1.